The molecule has 1 aromatic heterocycles. The SMILES string of the molecule is Cc1cn(CCC(C)(C)C)c(NC2CCCCC2)n1. The maximum absolute atomic E-state index is 4.66. The molecule has 2 rings (SSSR count). The molecule has 19 heavy (non-hydrogen) atoms. The maximum atomic E-state index is 4.66. The van der Waals surface area contributed by atoms with E-state index in [-0.39, 0.29) is 0 Å². The van der Waals surface area contributed by atoms with Gasteiger partial charge in [-0.15, -0.1) is 0 Å². The minimum Gasteiger partial charge on any atom is -0.353 e. The summed E-state index contributed by atoms with van der Waals surface area (Å²) in [5, 5.41) is 3.66. The fourth-order valence-corrected chi connectivity index (χ4v) is 2.72. The molecule has 1 aliphatic rings. The number of aromatic nitrogens is 2. The van der Waals surface area contributed by atoms with Crippen LogP contribution in [-0.4, -0.2) is 15.6 Å². The molecule has 0 atom stereocenters. The Bertz CT molecular complexity index is 395. The number of aryl methyl sites for hydroxylation is 2. The monoisotopic (exact) mass is 263 g/mol. The first-order valence-corrected chi connectivity index (χ1v) is 7.74. The summed E-state index contributed by atoms with van der Waals surface area (Å²) in [5.74, 6) is 1.08. The third-order valence-electron chi connectivity index (χ3n) is 3.94. The molecule has 108 valence electrons. The average Bonchev–Trinajstić information content (AvgIpc) is 2.67. The Labute approximate surface area is 117 Å². The largest absolute Gasteiger partial charge is 0.353 e. The fourth-order valence-electron chi connectivity index (χ4n) is 2.72. The molecule has 1 heterocycles. The molecule has 0 bridgehead atoms. The lowest BCUT2D eigenvalue weighted by Gasteiger charge is -2.24. The molecular formula is C16H29N3. The van der Waals surface area contributed by atoms with Gasteiger partial charge in [0.15, 0.2) is 0 Å². The highest BCUT2D eigenvalue weighted by molar-refractivity contribution is 5.30. The molecule has 3 heteroatoms. The molecule has 1 N–H and O–H groups in total. The average molecular weight is 263 g/mol. The first kappa shape index (κ1) is 14.4. The molecule has 0 unspecified atom stereocenters. The van der Waals surface area contributed by atoms with Crippen molar-refractivity contribution in [1.29, 1.82) is 0 Å². The van der Waals surface area contributed by atoms with Gasteiger partial charge in [-0.3, -0.25) is 0 Å². The van der Waals surface area contributed by atoms with E-state index < -0.39 is 0 Å². The van der Waals surface area contributed by atoms with Gasteiger partial charge in [0.2, 0.25) is 5.95 Å². The minimum absolute atomic E-state index is 0.375. The maximum Gasteiger partial charge on any atom is 0.203 e. The molecule has 1 aliphatic carbocycles. The topological polar surface area (TPSA) is 29.9 Å². The third-order valence-corrected chi connectivity index (χ3v) is 3.94. The Morgan fingerprint density at radius 1 is 1.26 bits per heavy atom. The molecule has 0 radical (unpaired) electrons. The van der Waals surface area contributed by atoms with Gasteiger partial charge in [0, 0.05) is 18.8 Å². The van der Waals surface area contributed by atoms with Gasteiger partial charge in [0.25, 0.3) is 0 Å². The van der Waals surface area contributed by atoms with Crippen LogP contribution in [0.2, 0.25) is 0 Å². The minimum atomic E-state index is 0.375. The van der Waals surface area contributed by atoms with E-state index in [0.717, 1.165) is 18.2 Å². The second-order valence-electron chi connectivity index (χ2n) is 7.19. The lowest BCUT2D eigenvalue weighted by Crippen LogP contribution is -2.24. The third kappa shape index (κ3) is 4.55. The summed E-state index contributed by atoms with van der Waals surface area (Å²) in [4.78, 5) is 4.66. The van der Waals surface area contributed by atoms with E-state index in [4.69, 9.17) is 0 Å². The van der Waals surface area contributed by atoms with Crippen LogP contribution < -0.4 is 5.32 Å². The van der Waals surface area contributed by atoms with Crippen LogP contribution >= 0.6 is 0 Å². The smallest absolute Gasteiger partial charge is 0.203 e. The van der Waals surface area contributed by atoms with Crippen molar-refractivity contribution in [3.05, 3.63) is 11.9 Å². The van der Waals surface area contributed by atoms with Crippen molar-refractivity contribution < 1.29 is 0 Å². The van der Waals surface area contributed by atoms with E-state index in [0.29, 0.717) is 11.5 Å². The van der Waals surface area contributed by atoms with Crippen LogP contribution in [0.5, 0.6) is 0 Å². The van der Waals surface area contributed by atoms with Crippen molar-refractivity contribution >= 4 is 5.95 Å². The second kappa shape index (κ2) is 5.98. The van der Waals surface area contributed by atoms with Crippen LogP contribution in [0.3, 0.4) is 0 Å². The predicted octanol–water partition coefficient (Wildman–Crippen LogP) is 4.37. The molecule has 0 aromatic carbocycles. The van der Waals surface area contributed by atoms with Gasteiger partial charge in [-0.25, -0.2) is 4.98 Å². The molecule has 0 amide bonds. The molecular weight excluding hydrogens is 234 g/mol. The zero-order valence-electron chi connectivity index (χ0n) is 13.0. The quantitative estimate of drug-likeness (QED) is 0.874. The van der Waals surface area contributed by atoms with E-state index >= 15 is 0 Å². The molecule has 0 aliphatic heterocycles. The standard InChI is InChI=1S/C16H29N3/c1-13-12-19(11-10-16(2,3)4)15(17-13)18-14-8-6-5-7-9-14/h12,14H,5-11H2,1-4H3,(H,17,18). The van der Waals surface area contributed by atoms with Crippen molar-refractivity contribution in [1.82, 2.24) is 9.55 Å². The van der Waals surface area contributed by atoms with Crippen LogP contribution in [0.4, 0.5) is 5.95 Å². The summed E-state index contributed by atoms with van der Waals surface area (Å²) in [5.41, 5.74) is 1.49. The lowest BCUT2D eigenvalue weighted by atomic mass is 9.92. The van der Waals surface area contributed by atoms with E-state index in [2.05, 4.69) is 48.8 Å². The predicted molar refractivity (Wildman–Crippen MR) is 81.5 cm³/mol. The molecule has 1 aromatic rings. The number of nitrogens with one attached hydrogen (secondary N) is 1. The first-order chi connectivity index (χ1) is 8.94. The number of anilines is 1. The molecule has 0 spiro atoms. The van der Waals surface area contributed by atoms with Crippen LogP contribution in [0, 0.1) is 12.3 Å². The Hall–Kier alpha value is -0.990. The van der Waals surface area contributed by atoms with Crippen molar-refractivity contribution in [2.24, 2.45) is 5.41 Å². The van der Waals surface area contributed by atoms with Crippen molar-refractivity contribution in [2.75, 3.05) is 5.32 Å². The van der Waals surface area contributed by atoms with Crippen molar-refractivity contribution in [3.8, 4) is 0 Å². The van der Waals surface area contributed by atoms with Gasteiger partial charge >= 0.3 is 0 Å². The zero-order chi connectivity index (χ0) is 13.9. The Balaban J connectivity index is 1.98. The van der Waals surface area contributed by atoms with Gasteiger partial charge < -0.3 is 9.88 Å². The summed E-state index contributed by atoms with van der Waals surface area (Å²) in [6, 6.07) is 0.629. The van der Waals surface area contributed by atoms with E-state index in [1.165, 1.54) is 38.5 Å². The zero-order valence-corrected chi connectivity index (χ0v) is 13.0. The second-order valence-corrected chi connectivity index (χ2v) is 7.19. The number of nitrogens with zero attached hydrogens (tertiary/aromatic N) is 2. The van der Waals surface area contributed by atoms with Crippen molar-refractivity contribution in [3.63, 3.8) is 0 Å². The fraction of sp³-hybridized carbons (Fsp3) is 0.812. The van der Waals surface area contributed by atoms with Crippen LogP contribution in [0.25, 0.3) is 0 Å². The summed E-state index contributed by atoms with van der Waals surface area (Å²) in [7, 11) is 0. The van der Waals surface area contributed by atoms with Gasteiger partial charge in [0.1, 0.15) is 0 Å². The number of rotatable bonds is 4. The van der Waals surface area contributed by atoms with E-state index in [1.54, 1.807) is 0 Å². The summed E-state index contributed by atoms with van der Waals surface area (Å²) < 4.78 is 2.30. The number of hydrogen-bond donors (Lipinski definition) is 1. The summed E-state index contributed by atoms with van der Waals surface area (Å²) >= 11 is 0. The van der Waals surface area contributed by atoms with Gasteiger partial charge in [0.05, 0.1) is 5.69 Å². The number of imidazole rings is 1. The van der Waals surface area contributed by atoms with Crippen LogP contribution in [-0.2, 0) is 6.54 Å². The highest BCUT2D eigenvalue weighted by Crippen LogP contribution is 2.24. The summed E-state index contributed by atoms with van der Waals surface area (Å²) in [6.45, 7) is 10.0. The van der Waals surface area contributed by atoms with Gasteiger partial charge in [-0.1, -0.05) is 40.0 Å². The molecule has 1 fully saturated rings. The molecule has 3 nitrogen and oxygen atoms in total. The van der Waals surface area contributed by atoms with E-state index in [9.17, 15) is 0 Å². The normalized spacial score (nSPS) is 17.7. The Kier molecular flexibility index (Phi) is 4.54. The first-order valence-electron chi connectivity index (χ1n) is 7.74. The van der Waals surface area contributed by atoms with Crippen LogP contribution in [0.1, 0.15) is 65.0 Å². The Morgan fingerprint density at radius 2 is 1.95 bits per heavy atom. The highest BCUT2D eigenvalue weighted by atomic mass is 15.2. The summed E-state index contributed by atoms with van der Waals surface area (Å²) in [6.07, 6.45) is 10.1. The Morgan fingerprint density at radius 3 is 2.58 bits per heavy atom. The highest BCUT2D eigenvalue weighted by Gasteiger charge is 2.17. The van der Waals surface area contributed by atoms with Gasteiger partial charge in [-0.05, 0) is 31.6 Å². The molecule has 1 saturated carbocycles. The lowest BCUT2D eigenvalue weighted by molar-refractivity contribution is 0.350. The van der Waals surface area contributed by atoms with Gasteiger partial charge in [-0.2, -0.15) is 0 Å². The van der Waals surface area contributed by atoms with Crippen LogP contribution in [0.15, 0.2) is 6.20 Å². The molecule has 0 saturated heterocycles. The number of hydrogen-bond acceptors (Lipinski definition) is 2. The van der Waals surface area contributed by atoms with Crippen molar-refractivity contribution in [2.45, 2.75) is 78.8 Å². The van der Waals surface area contributed by atoms with E-state index in [1.807, 2.05) is 0 Å².